The van der Waals surface area contributed by atoms with Crippen molar-refractivity contribution in [2.45, 2.75) is 77.9 Å². The first-order valence-electron chi connectivity index (χ1n) is 48.5. The van der Waals surface area contributed by atoms with Crippen LogP contribution in [0.3, 0.4) is 0 Å². The second kappa shape index (κ2) is 32.9. The predicted molar refractivity (Wildman–Crippen MR) is 596 cm³/mol. The maximum Gasteiger partial charge on any atom is 0.164 e. The molecule has 0 fully saturated rings. The summed E-state index contributed by atoms with van der Waals surface area (Å²) in [5, 5.41) is 31.0. The minimum absolute atomic E-state index is 0.150. The summed E-state index contributed by atoms with van der Waals surface area (Å²) < 4.78 is 4.78. The Morgan fingerprint density at radius 2 is 0.627 bits per heavy atom. The van der Waals surface area contributed by atoms with Crippen molar-refractivity contribution in [2.75, 3.05) is 0 Å². The van der Waals surface area contributed by atoms with Crippen LogP contribution in [0.1, 0.15) is 86.4 Å². The minimum Gasteiger partial charge on any atom is -0.208 e. The molecular weight excluding hydrogens is 1800 g/mol. The lowest BCUT2D eigenvalue weighted by Crippen LogP contribution is -2.37. The molecule has 0 bridgehead atoms. The number of nitriles is 2. The third-order valence-electron chi connectivity index (χ3n) is 30.1. The molecule has 12 heteroatoms. The van der Waals surface area contributed by atoms with Gasteiger partial charge in [0.25, 0.3) is 0 Å². The van der Waals surface area contributed by atoms with E-state index in [-0.39, 0.29) is 10.8 Å². The van der Waals surface area contributed by atoms with E-state index in [9.17, 15) is 10.5 Å². The Hall–Kier alpha value is -16.4. The standard InChI is InChI=1S/C68H48N4SSi.C62H41ClN4S/c1-68(2)58-16-10-9-14-55(58)62-56(15-11-17-59(62)68)67-71-65(43-12-7-6-8-13-43)70-66(72-67)44-24-22-42(23-25-44)48-32-35-54-57-38-47(74(3,4)5)28-31-50(57)53-34-33-49(63(48)64(53)54)46-27-30-52-51-29-26-45(36-60(51)73-61(52)37-46)41-20-18-40(39-69)19-21-41;1-34(2)40-15-10-16-45-54(40)46-29-28-41(56-48(32-51(63)57(45)58(46)56)39-25-27-43-42-26-20-35(33-64)30-52(42)68-53(43)31-39)36-21-23-38(24-22-36)60-65-59(37-12-6-5-7-13-37)66-61(67-60)47-17-11-19-50-55(47)44-14-8-9-18-49(44)62(50,3)4/h6-38H,1-5H3;5-32,34H,1-4H3. The van der Waals surface area contributed by atoms with E-state index >= 15 is 0 Å². The molecule has 4 heterocycles. The number of thiophene rings is 2. The Kier molecular flexibility index (Phi) is 19.9. The van der Waals surface area contributed by atoms with Crippen LogP contribution in [-0.4, -0.2) is 38.0 Å². The summed E-state index contributed by atoms with van der Waals surface area (Å²) in [6.45, 7) is 21.1. The zero-order valence-electron chi connectivity index (χ0n) is 79.6. The van der Waals surface area contributed by atoms with Crippen molar-refractivity contribution in [3.8, 4) is 203 Å². The first-order valence-corrected chi connectivity index (χ1v) is 54.0. The Bertz CT molecular complexity index is 9440. The van der Waals surface area contributed by atoms with Crippen LogP contribution < -0.4 is 5.19 Å². The lowest BCUT2D eigenvalue weighted by molar-refractivity contribution is 0.660. The highest BCUT2D eigenvalue weighted by Gasteiger charge is 2.41. The van der Waals surface area contributed by atoms with Gasteiger partial charge in [-0.2, -0.15) is 10.5 Å². The fourth-order valence-corrected chi connectivity index (χ4v) is 26.8. The number of hydrogen-bond donors (Lipinski definition) is 0. The fraction of sp³-hybridized carbons (Fsp3) is 0.0923. The molecule has 23 aromatic rings. The second-order valence-electron chi connectivity index (χ2n) is 40.3. The number of halogens is 1. The molecule has 142 heavy (non-hydrogen) atoms. The normalized spacial score (nSPS) is 13.0. The minimum atomic E-state index is -1.59. The average Bonchev–Trinajstić information content (AvgIpc) is 1.54. The Morgan fingerprint density at radius 3 is 1.14 bits per heavy atom. The summed E-state index contributed by atoms with van der Waals surface area (Å²) in [7, 11) is -1.59. The van der Waals surface area contributed by atoms with Crippen molar-refractivity contribution in [1.82, 2.24) is 29.9 Å². The summed E-state index contributed by atoms with van der Waals surface area (Å²) >= 11 is 11.1. The SMILES string of the molecule is CC(C)c1cccc2c1-c1ccc(-c3ccc(-c4nc(-c5ccccc5)nc(-c5cccc6c5-c5ccccc5C6(C)C)n4)cc3)c3c(-c4ccc5c(c4)sc4cc(C#N)ccc45)cc(Cl)c-2c13.CC1(C)c2ccccc2-c2c(-c3nc(-c4ccccc4)nc(-c4ccc(-c5ccc6c7c(ccc(-c8ccc9c(c8)sc8cc(-c%10ccc(C#N)cc%10)ccc89)c57)-c5ccc([Si](C)(C)C)cc5-6)cc4)n3)cccc21. The van der Waals surface area contributed by atoms with Crippen molar-refractivity contribution in [2.24, 2.45) is 0 Å². The van der Waals surface area contributed by atoms with Crippen molar-refractivity contribution in [3.63, 3.8) is 0 Å². The van der Waals surface area contributed by atoms with Crippen LogP contribution in [0.25, 0.3) is 253 Å². The second-order valence-corrected chi connectivity index (χ2v) is 48.0. The van der Waals surface area contributed by atoms with Gasteiger partial charge >= 0.3 is 0 Å². The molecule has 672 valence electrons. The Morgan fingerprint density at radius 1 is 0.261 bits per heavy atom. The van der Waals surface area contributed by atoms with Crippen LogP contribution in [-0.2, 0) is 10.8 Å². The molecule has 0 unspecified atom stereocenters. The number of rotatable bonds is 13. The third kappa shape index (κ3) is 13.8. The maximum absolute atomic E-state index is 9.66. The molecule has 0 saturated heterocycles. The molecule has 0 amide bonds. The molecule has 4 aromatic heterocycles. The molecule has 19 aromatic carbocycles. The van der Waals surface area contributed by atoms with Crippen molar-refractivity contribution < 1.29 is 0 Å². The summed E-state index contributed by atoms with van der Waals surface area (Å²) in [6, 6.07) is 138. The van der Waals surface area contributed by atoms with E-state index < -0.39 is 8.07 Å². The van der Waals surface area contributed by atoms with Gasteiger partial charge in [0, 0.05) is 101 Å². The Balaban J connectivity index is 0.000000146. The van der Waals surface area contributed by atoms with Gasteiger partial charge in [0.05, 0.1) is 31.3 Å². The van der Waals surface area contributed by atoms with Gasteiger partial charge in [-0.05, 0) is 215 Å². The Labute approximate surface area is 838 Å². The number of benzene rings is 19. The monoisotopic (exact) mass is 1890 g/mol. The molecule has 4 aliphatic carbocycles. The number of nitrogens with zero attached hydrogens (tertiary/aromatic N) is 8. The van der Waals surface area contributed by atoms with E-state index in [0.717, 1.165) is 93.0 Å². The lowest BCUT2D eigenvalue weighted by atomic mass is 9.82. The van der Waals surface area contributed by atoms with Gasteiger partial charge in [-0.3, -0.25) is 0 Å². The summed E-state index contributed by atoms with van der Waals surface area (Å²) in [6.07, 6.45) is 0. The van der Waals surface area contributed by atoms with Gasteiger partial charge in [0.1, 0.15) is 0 Å². The van der Waals surface area contributed by atoms with Crippen molar-refractivity contribution in [1.29, 1.82) is 10.5 Å². The third-order valence-corrected chi connectivity index (χ3v) is 34.7. The van der Waals surface area contributed by atoms with Gasteiger partial charge in [0.2, 0.25) is 0 Å². The summed E-state index contributed by atoms with van der Waals surface area (Å²) in [5.41, 5.74) is 39.5. The van der Waals surface area contributed by atoms with Crippen LogP contribution >= 0.6 is 34.3 Å². The highest BCUT2D eigenvalue weighted by atomic mass is 35.5. The summed E-state index contributed by atoms with van der Waals surface area (Å²) in [4.78, 5) is 31.4. The zero-order valence-corrected chi connectivity index (χ0v) is 83.0. The molecule has 0 N–H and O–H groups in total. The molecule has 8 nitrogen and oxygen atoms in total. The van der Waals surface area contributed by atoms with Crippen LogP contribution in [0.5, 0.6) is 0 Å². The van der Waals surface area contributed by atoms with E-state index in [0.29, 0.717) is 52.0 Å². The molecule has 0 aliphatic heterocycles. The first kappa shape index (κ1) is 86.0. The zero-order chi connectivity index (χ0) is 96.0. The van der Waals surface area contributed by atoms with E-state index in [4.69, 9.17) is 41.5 Å². The number of fused-ring (bicyclic) bond motifs is 18. The van der Waals surface area contributed by atoms with Crippen LogP contribution in [0, 0.1) is 22.7 Å². The van der Waals surface area contributed by atoms with Gasteiger partial charge in [-0.25, -0.2) is 29.9 Å². The number of aromatic nitrogens is 6. The van der Waals surface area contributed by atoms with E-state index in [2.05, 4.69) is 371 Å². The van der Waals surface area contributed by atoms with Gasteiger partial charge in [-0.15, -0.1) is 22.7 Å². The van der Waals surface area contributed by atoms with Crippen molar-refractivity contribution >= 4 is 109 Å². The fourth-order valence-electron chi connectivity index (χ4n) is 23.0. The highest BCUT2D eigenvalue weighted by Crippen LogP contribution is 2.60. The molecule has 0 radical (unpaired) electrons. The van der Waals surface area contributed by atoms with Crippen LogP contribution in [0.15, 0.2) is 370 Å². The lowest BCUT2D eigenvalue weighted by Gasteiger charge is -2.21. The first-order chi connectivity index (χ1) is 69.2. The van der Waals surface area contributed by atoms with Crippen LogP contribution in [0.4, 0.5) is 0 Å². The quantitative estimate of drug-likeness (QED) is 0.105. The molecule has 4 aliphatic rings. The molecule has 0 atom stereocenters. The van der Waals surface area contributed by atoms with E-state index in [1.165, 1.54) is 163 Å². The molecule has 0 spiro atoms. The predicted octanol–water partition coefficient (Wildman–Crippen LogP) is 35.1. The smallest absolute Gasteiger partial charge is 0.164 e. The summed E-state index contributed by atoms with van der Waals surface area (Å²) in [5.74, 6) is 4.19. The van der Waals surface area contributed by atoms with Gasteiger partial charge in [0.15, 0.2) is 34.9 Å². The molecule has 0 saturated carbocycles. The highest BCUT2D eigenvalue weighted by molar-refractivity contribution is 7.26. The van der Waals surface area contributed by atoms with Gasteiger partial charge < -0.3 is 0 Å². The molecular formula is C130H89ClN8S2Si. The average molecular weight is 1890 g/mol. The largest absolute Gasteiger partial charge is 0.208 e. The van der Waals surface area contributed by atoms with Crippen LogP contribution in [0.2, 0.25) is 24.7 Å². The van der Waals surface area contributed by atoms with Crippen molar-refractivity contribution in [3.05, 3.63) is 414 Å². The van der Waals surface area contributed by atoms with E-state index in [1.807, 2.05) is 84.1 Å². The maximum atomic E-state index is 9.66. The topological polar surface area (TPSA) is 125 Å². The number of hydrogen-bond acceptors (Lipinski definition) is 10. The van der Waals surface area contributed by atoms with Gasteiger partial charge in [-0.1, -0.05) is 399 Å². The van der Waals surface area contributed by atoms with E-state index in [1.54, 1.807) is 11.3 Å². The molecule has 27 rings (SSSR count).